The second-order valence-corrected chi connectivity index (χ2v) is 5.78. The first-order valence-corrected chi connectivity index (χ1v) is 7.76. The smallest absolute Gasteiger partial charge is 0.127 e. The first-order chi connectivity index (χ1) is 9.84. The summed E-state index contributed by atoms with van der Waals surface area (Å²) in [5.41, 5.74) is 0. The van der Waals surface area contributed by atoms with E-state index in [2.05, 4.69) is 11.4 Å². The third-order valence-electron chi connectivity index (χ3n) is 3.95. The lowest BCUT2D eigenvalue weighted by Crippen LogP contribution is -2.21. The molecule has 0 spiro atoms. The van der Waals surface area contributed by atoms with E-state index in [4.69, 9.17) is 16.3 Å². The Morgan fingerprint density at radius 1 is 1.15 bits per heavy atom. The molecule has 1 aliphatic heterocycles. The second kappa shape index (κ2) is 6.47. The van der Waals surface area contributed by atoms with Gasteiger partial charge in [-0.2, -0.15) is 0 Å². The van der Waals surface area contributed by atoms with Crippen LogP contribution in [0.1, 0.15) is 25.7 Å². The third kappa shape index (κ3) is 3.08. The van der Waals surface area contributed by atoms with Crippen LogP contribution in [0.25, 0.3) is 10.8 Å². The van der Waals surface area contributed by atoms with Crippen LogP contribution in [0, 0.1) is 0 Å². The standard InChI is InChI=1S/C17H20ClNO/c18-16-9-10-17(15-8-2-1-7-14(15)16)20-12-4-6-13-5-3-11-19-13/h1-2,7-10,13,19H,3-6,11-12H2. The van der Waals surface area contributed by atoms with Crippen LogP contribution in [0.3, 0.4) is 0 Å². The molecule has 3 rings (SSSR count). The average molecular weight is 290 g/mol. The minimum absolute atomic E-state index is 0.695. The lowest BCUT2D eigenvalue weighted by atomic mass is 10.1. The molecule has 3 heteroatoms. The molecule has 2 aromatic carbocycles. The van der Waals surface area contributed by atoms with Gasteiger partial charge in [0.1, 0.15) is 5.75 Å². The third-order valence-corrected chi connectivity index (χ3v) is 4.28. The van der Waals surface area contributed by atoms with Gasteiger partial charge in [-0.05, 0) is 44.4 Å². The van der Waals surface area contributed by atoms with Crippen LogP contribution in [0.2, 0.25) is 5.02 Å². The Bertz CT molecular complexity index is 578. The van der Waals surface area contributed by atoms with E-state index >= 15 is 0 Å². The van der Waals surface area contributed by atoms with Crippen molar-refractivity contribution < 1.29 is 4.74 Å². The van der Waals surface area contributed by atoms with Crippen molar-refractivity contribution in [2.75, 3.05) is 13.2 Å². The predicted octanol–water partition coefficient (Wildman–Crippen LogP) is 4.40. The molecule has 0 radical (unpaired) electrons. The molecule has 0 aromatic heterocycles. The number of hydrogen-bond donors (Lipinski definition) is 1. The summed E-state index contributed by atoms with van der Waals surface area (Å²) in [6, 6.07) is 12.7. The van der Waals surface area contributed by atoms with Gasteiger partial charge in [0.05, 0.1) is 6.61 Å². The van der Waals surface area contributed by atoms with E-state index in [1.165, 1.54) is 25.8 Å². The van der Waals surface area contributed by atoms with E-state index in [0.29, 0.717) is 6.04 Å². The van der Waals surface area contributed by atoms with Gasteiger partial charge in [-0.3, -0.25) is 0 Å². The number of rotatable bonds is 5. The van der Waals surface area contributed by atoms with E-state index in [1.807, 2.05) is 30.3 Å². The van der Waals surface area contributed by atoms with Gasteiger partial charge >= 0.3 is 0 Å². The second-order valence-electron chi connectivity index (χ2n) is 5.38. The van der Waals surface area contributed by atoms with Gasteiger partial charge in [0.2, 0.25) is 0 Å². The molecule has 0 amide bonds. The molecule has 2 nitrogen and oxygen atoms in total. The van der Waals surface area contributed by atoms with Gasteiger partial charge < -0.3 is 10.1 Å². The largest absolute Gasteiger partial charge is 0.493 e. The minimum Gasteiger partial charge on any atom is -0.493 e. The maximum Gasteiger partial charge on any atom is 0.127 e. The summed E-state index contributed by atoms with van der Waals surface area (Å²) in [7, 11) is 0. The molecule has 0 aliphatic carbocycles. The van der Waals surface area contributed by atoms with Crippen LogP contribution in [0.15, 0.2) is 36.4 Å². The van der Waals surface area contributed by atoms with Crippen molar-refractivity contribution in [2.24, 2.45) is 0 Å². The Morgan fingerprint density at radius 3 is 2.80 bits per heavy atom. The number of nitrogens with one attached hydrogen (secondary N) is 1. The number of benzene rings is 2. The minimum atomic E-state index is 0.695. The molecule has 1 N–H and O–H groups in total. The predicted molar refractivity (Wildman–Crippen MR) is 84.7 cm³/mol. The zero-order valence-electron chi connectivity index (χ0n) is 11.6. The van der Waals surface area contributed by atoms with Gasteiger partial charge in [-0.15, -0.1) is 0 Å². The number of hydrogen-bond acceptors (Lipinski definition) is 2. The van der Waals surface area contributed by atoms with Crippen LogP contribution in [-0.4, -0.2) is 19.2 Å². The van der Waals surface area contributed by atoms with Gasteiger partial charge in [0.15, 0.2) is 0 Å². The van der Waals surface area contributed by atoms with E-state index in [-0.39, 0.29) is 0 Å². The highest BCUT2D eigenvalue weighted by Gasteiger charge is 2.13. The number of fused-ring (bicyclic) bond motifs is 1. The van der Waals surface area contributed by atoms with E-state index in [0.717, 1.165) is 34.6 Å². The average Bonchev–Trinajstić information content (AvgIpc) is 2.99. The summed E-state index contributed by atoms with van der Waals surface area (Å²) in [6.07, 6.45) is 4.91. The SMILES string of the molecule is Clc1ccc(OCCCC2CCCN2)c2ccccc12. The molecule has 1 saturated heterocycles. The molecule has 0 saturated carbocycles. The Hall–Kier alpha value is -1.25. The molecule has 1 atom stereocenters. The molecule has 1 aliphatic rings. The zero-order valence-corrected chi connectivity index (χ0v) is 12.3. The van der Waals surface area contributed by atoms with Crippen molar-refractivity contribution in [3.63, 3.8) is 0 Å². The molecule has 0 bridgehead atoms. The summed E-state index contributed by atoms with van der Waals surface area (Å²) in [6.45, 7) is 1.94. The Morgan fingerprint density at radius 2 is 2.00 bits per heavy atom. The van der Waals surface area contributed by atoms with Crippen molar-refractivity contribution in [1.82, 2.24) is 5.32 Å². The topological polar surface area (TPSA) is 21.3 Å². The fourth-order valence-corrected chi connectivity index (χ4v) is 3.10. The van der Waals surface area contributed by atoms with E-state index in [9.17, 15) is 0 Å². The molecule has 20 heavy (non-hydrogen) atoms. The van der Waals surface area contributed by atoms with Gasteiger partial charge in [0, 0.05) is 21.8 Å². The first kappa shape index (κ1) is 13.7. The number of ether oxygens (including phenoxy) is 1. The van der Waals surface area contributed by atoms with Crippen molar-refractivity contribution in [2.45, 2.75) is 31.7 Å². The maximum absolute atomic E-state index is 6.21. The van der Waals surface area contributed by atoms with Gasteiger partial charge in [0.25, 0.3) is 0 Å². The molecule has 1 unspecified atom stereocenters. The normalized spacial score (nSPS) is 18.6. The lowest BCUT2D eigenvalue weighted by Gasteiger charge is -2.12. The van der Waals surface area contributed by atoms with Crippen LogP contribution in [0.5, 0.6) is 5.75 Å². The molecule has 1 fully saturated rings. The maximum atomic E-state index is 6.21. The van der Waals surface area contributed by atoms with Crippen LogP contribution in [-0.2, 0) is 0 Å². The zero-order chi connectivity index (χ0) is 13.8. The first-order valence-electron chi connectivity index (χ1n) is 7.38. The molecule has 106 valence electrons. The Kier molecular flexibility index (Phi) is 4.44. The van der Waals surface area contributed by atoms with Crippen LogP contribution < -0.4 is 10.1 Å². The molecule has 2 aromatic rings. The molecular formula is C17H20ClNO. The Labute approximate surface area is 125 Å². The quantitative estimate of drug-likeness (QED) is 0.824. The van der Waals surface area contributed by atoms with Crippen LogP contribution >= 0.6 is 11.6 Å². The monoisotopic (exact) mass is 289 g/mol. The van der Waals surface area contributed by atoms with Gasteiger partial charge in [-0.25, -0.2) is 0 Å². The summed E-state index contributed by atoms with van der Waals surface area (Å²) < 4.78 is 5.95. The Balaban J connectivity index is 1.61. The highest BCUT2D eigenvalue weighted by atomic mass is 35.5. The highest BCUT2D eigenvalue weighted by molar-refractivity contribution is 6.35. The van der Waals surface area contributed by atoms with Crippen molar-refractivity contribution in [3.8, 4) is 5.75 Å². The summed E-state index contributed by atoms with van der Waals surface area (Å²) in [5, 5.41) is 6.46. The highest BCUT2D eigenvalue weighted by Crippen LogP contribution is 2.31. The van der Waals surface area contributed by atoms with E-state index in [1.54, 1.807) is 0 Å². The summed E-state index contributed by atoms with van der Waals surface area (Å²) in [4.78, 5) is 0. The number of halogens is 1. The van der Waals surface area contributed by atoms with Crippen molar-refractivity contribution in [1.29, 1.82) is 0 Å². The summed E-state index contributed by atoms with van der Waals surface area (Å²) >= 11 is 6.21. The summed E-state index contributed by atoms with van der Waals surface area (Å²) in [5.74, 6) is 0.935. The lowest BCUT2D eigenvalue weighted by molar-refractivity contribution is 0.302. The van der Waals surface area contributed by atoms with Crippen molar-refractivity contribution in [3.05, 3.63) is 41.4 Å². The van der Waals surface area contributed by atoms with E-state index < -0.39 is 0 Å². The molecule has 1 heterocycles. The molecular weight excluding hydrogens is 270 g/mol. The fourth-order valence-electron chi connectivity index (χ4n) is 2.88. The fraction of sp³-hybridized carbons (Fsp3) is 0.412. The van der Waals surface area contributed by atoms with Gasteiger partial charge in [-0.1, -0.05) is 35.9 Å². The van der Waals surface area contributed by atoms with Crippen molar-refractivity contribution >= 4 is 22.4 Å². The van der Waals surface area contributed by atoms with Crippen LogP contribution in [0.4, 0.5) is 0 Å².